The Morgan fingerprint density at radius 2 is 1.93 bits per heavy atom. The van der Waals surface area contributed by atoms with Crippen molar-refractivity contribution in [3.63, 3.8) is 0 Å². The zero-order valence-corrected chi connectivity index (χ0v) is 10.9. The number of nitrogens with one attached hydrogen (secondary N) is 1. The fourth-order valence-electron chi connectivity index (χ4n) is 1.09. The molecule has 0 aromatic heterocycles. The van der Waals surface area contributed by atoms with Gasteiger partial charge in [-0.05, 0) is 33.5 Å². The number of halogens is 1. The van der Waals surface area contributed by atoms with Crippen molar-refractivity contribution < 1.29 is 4.79 Å². The van der Waals surface area contributed by atoms with Gasteiger partial charge in [0.2, 0.25) is 0 Å². The molecule has 1 N–H and O–H groups in total. The van der Waals surface area contributed by atoms with Gasteiger partial charge in [-0.1, -0.05) is 32.9 Å². The molecule has 82 valence electrons. The second-order valence-electron chi connectivity index (χ2n) is 4.72. The SMILES string of the molecule is CC(C)(C)CNC(=O)c1ccccc1Br. The Hall–Kier alpha value is -0.830. The second kappa shape index (κ2) is 4.79. The van der Waals surface area contributed by atoms with Crippen molar-refractivity contribution in [1.29, 1.82) is 0 Å². The van der Waals surface area contributed by atoms with Gasteiger partial charge in [0.25, 0.3) is 5.91 Å². The van der Waals surface area contributed by atoms with E-state index in [0.717, 1.165) is 4.47 Å². The van der Waals surface area contributed by atoms with Crippen LogP contribution in [0.3, 0.4) is 0 Å². The quantitative estimate of drug-likeness (QED) is 0.878. The summed E-state index contributed by atoms with van der Waals surface area (Å²) in [4.78, 5) is 11.8. The summed E-state index contributed by atoms with van der Waals surface area (Å²) in [5.74, 6) is -0.0302. The molecule has 0 radical (unpaired) electrons. The van der Waals surface area contributed by atoms with Gasteiger partial charge in [0.15, 0.2) is 0 Å². The molecular formula is C12H16BrNO. The molecule has 0 fully saturated rings. The summed E-state index contributed by atoms with van der Waals surface area (Å²) in [5, 5.41) is 2.91. The average Bonchev–Trinajstić information content (AvgIpc) is 2.14. The molecule has 0 saturated heterocycles. The van der Waals surface area contributed by atoms with Crippen LogP contribution in [0.2, 0.25) is 0 Å². The number of benzene rings is 1. The van der Waals surface area contributed by atoms with Crippen LogP contribution in [0.1, 0.15) is 31.1 Å². The van der Waals surface area contributed by atoms with Gasteiger partial charge in [-0.25, -0.2) is 0 Å². The van der Waals surface area contributed by atoms with Crippen LogP contribution in [0.25, 0.3) is 0 Å². The molecule has 3 heteroatoms. The van der Waals surface area contributed by atoms with Crippen LogP contribution in [-0.2, 0) is 0 Å². The maximum absolute atomic E-state index is 11.8. The largest absolute Gasteiger partial charge is 0.351 e. The minimum atomic E-state index is -0.0302. The first kappa shape index (κ1) is 12.2. The summed E-state index contributed by atoms with van der Waals surface area (Å²) in [5.41, 5.74) is 0.790. The van der Waals surface area contributed by atoms with Crippen LogP contribution in [-0.4, -0.2) is 12.5 Å². The van der Waals surface area contributed by atoms with E-state index < -0.39 is 0 Å². The monoisotopic (exact) mass is 269 g/mol. The van der Waals surface area contributed by atoms with Crippen LogP contribution in [0.4, 0.5) is 0 Å². The second-order valence-corrected chi connectivity index (χ2v) is 5.58. The van der Waals surface area contributed by atoms with Crippen LogP contribution in [0.5, 0.6) is 0 Å². The summed E-state index contributed by atoms with van der Waals surface area (Å²) in [6, 6.07) is 7.43. The Morgan fingerprint density at radius 1 is 1.33 bits per heavy atom. The molecule has 0 aliphatic rings. The average molecular weight is 270 g/mol. The lowest BCUT2D eigenvalue weighted by Gasteiger charge is -2.18. The Balaban J connectivity index is 2.66. The summed E-state index contributed by atoms with van der Waals surface area (Å²) < 4.78 is 0.830. The topological polar surface area (TPSA) is 29.1 Å². The predicted molar refractivity (Wildman–Crippen MR) is 65.9 cm³/mol. The first-order chi connectivity index (χ1) is 6.90. The maximum Gasteiger partial charge on any atom is 0.252 e. The first-order valence-corrected chi connectivity index (χ1v) is 5.72. The summed E-state index contributed by atoms with van der Waals surface area (Å²) in [7, 11) is 0. The van der Waals surface area contributed by atoms with Crippen LogP contribution >= 0.6 is 15.9 Å². The molecule has 2 nitrogen and oxygen atoms in total. The van der Waals surface area contributed by atoms with Gasteiger partial charge in [0, 0.05) is 11.0 Å². The zero-order chi connectivity index (χ0) is 11.5. The smallest absolute Gasteiger partial charge is 0.252 e. The van der Waals surface area contributed by atoms with Crippen molar-refractivity contribution in [2.75, 3.05) is 6.54 Å². The fraction of sp³-hybridized carbons (Fsp3) is 0.417. The molecule has 1 amide bonds. The van der Waals surface area contributed by atoms with Gasteiger partial charge in [-0.2, -0.15) is 0 Å². The molecule has 0 spiro atoms. The molecule has 0 unspecified atom stereocenters. The van der Waals surface area contributed by atoms with Crippen molar-refractivity contribution in [3.8, 4) is 0 Å². The molecule has 0 aliphatic heterocycles. The van der Waals surface area contributed by atoms with Gasteiger partial charge in [-0.3, -0.25) is 4.79 Å². The zero-order valence-electron chi connectivity index (χ0n) is 9.30. The third kappa shape index (κ3) is 4.04. The van der Waals surface area contributed by atoms with Crippen LogP contribution in [0.15, 0.2) is 28.7 Å². The van der Waals surface area contributed by atoms with Crippen molar-refractivity contribution >= 4 is 21.8 Å². The minimum Gasteiger partial charge on any atom is -0.351 e. The third-order valence-electron chi connectivity index (χ3n) is 1.90. The molecule has 1 aromatic carbocycles. The van der Waals surface area contributed by atoms with E-state index in [1.165, 1.54) is 0 Å². The van der Waals surface area contributed by atoms with Gasteiger partial charge >= 0.3 is 0 Å². The van der Waals surface area contributed by atoms with Crippen molar-refractivity contribution in [1.82, 2.24) is 5.32 Å². The minimum absolute atomic E-state index is 0.0302. The molecule has 0 bridgehead atoms. The summed E-state index contributed by atoms with van der Waals surface area (Å²) in [6.45, 7) is 6.95. The predicted octanol–water partition coefficient (Wildman–Crippen LogP) is 3.23. The number of rotatable bonds is 2. The Bertz CT molecular complexity index is 355. The fourth-order valence-corrected chi connectivity index (χ4v) is 1.55. The van der Waals surface area contributed by atoms with Gasteiger partial charge in [-0.15, -0.1) is 0 Å². The number of carbonyl (C=O) groups is 1. The summed E-state index contributed by atoms with van der Waals surface area (Å²) in [6.07, 6.45) is 0. The van der Waals surface area contributed by atoms with E-state index in [9.17, 15) is 4.79 Å². The highest BCUT2D eigenvalue weighted by Crippen LogP contribution is 2.16. The number of carbonyl (C=O) groups excluding carboxylic acids is 1. The third-order valence-corrected chi connectivity index (χ3v) is 2.59. The summed E-state index contributed by atoms with van der Waals surface area (Å²) >= 11 is 3.36. The lowest BCUT2D eigenvalue weighted by molar-refractivity contribution is 0.0938. The molecule has 1 rings (SSSR count). The maximum atomic E-state index is 11.8. The van der Waals surface area contributed by atoms with E-state index in [2.05, 4.69) is 42.0 Å². The van der Waals surface area contributed by atoms with E-state index in [0.29, 0.717) is 12.1 Å². The highest BCUT2D eigenvalue weighted by atomic mass is 79.9. The van der Waals surface area contributed by atoms with Gasteiger partial charge in [0.1, 0.15) is 0 Å². The molecular weight excluding hydrogens is 254 g/mol. The molecule has 1 aromatic rings. The Labute approximate surface area is 99.2 Å². The Morgan fingerprint density at radius 3 is 2.47 bits per heavy atom. The van der Waals surface area contributed by atoms with Crippen molar-refractivity contribution in [2.24, 2.45) is 5.41 Å². The van der Waals surface area contributed by atoms with Crippen LogP contribution < -0.4 is 5.32 Å². The molecule has 0 atom stereocenters. The van der Waals surface area contributed by atoms with E-state index in [1.807, 2.05) is 24.3 Å². The van der Waals surface area contributed by atoms with E-state index in [-0.39, 0.29) is 11.3 Å². The normalized spacial score (nSPS) is 11.2. The van der Waals surface area contributed by atoms with Crippen molar-refractivity contribution in [2.45, 2.75) is 20.8 Å². The molecule has 0 heterocycles. The first-order valence-electron chi connectivity index (χ1n) is 4.93. The number of hydrogen-bond donors (Lipinski definition) is 1. The van der Waals surface area contributed by atoms with Crippen LogP contribution in [0, 0.1) is 5.41 Å². The lowest BCUT2D eigenvalue weighted by Crippen LogP contribution is -2.32. The highest BCUT2D eigenvalue weighted by Gasteiger charge is 2.14. The van der Waals surface area contributed by atoms with Crippen molar-refractivity contribution in [3.05, 3.63) is 34.3 Å². The number of hydrogen-bond acceptors (Lipinski definition) is 1. The van der Waals surface area contributed by atoms with E-state index in [4.69, 9.17) is 0 Å². The lowest BCUT2D eigenvalue weighted by atomic mass is 9.97. The molecule has 15 heavy (non-hydrogen) atoms. The number of amides is 1. The molecule has 0 saturated carbocycles. The van der Waals surface area contributed by atoms with Gasteiger partial charge in [0.05, 0.1) is 5.56 Å². The van der Waals surface area contributed by atoms with E-state index >= 15 is 0 Å². The highest BCUT2D eigenvalue weighted by molar-refractivity contribution is 9.10. The standard InChI is InChI=1S/C12H16BrNO/c1-12(2,3)8-14-11(15)9-6-4-5-7-10(9)13/h4-7H,8H2,1-3H3,(H,14,15). The van der Waals surface area contributed by atoms with E-state index in [1.54, 1.807) is 0 Å². The van der Waals surface area contributed by atoms with Gasteiger partial charge < -0.3 is 5.32 Å². The molecule has 0 aliphatic carbocycles. The Kier molecular flexibility index (Phi) is 3.91.